The first-order valence-electron chi connectivity index (χ1n) is 8.72. The van der Waals surface area contributed by atoms with Gasteiger partial charge in [0, 0.05) is 18.7 Å². The molecule has 1 aliphatic rings. The quantitative estimate of drug-likeness (QED) is 0.793. The fourth-order valence-corrected chi connectivity index (χ4v) is 3.16. The molecule has 2 aromatic rings. The molecule has 0 spiro atoms. The van der Waals surface area contributed by atoms with Gasteiger partial charge in [0.15, 0.2) is 0 Å². The van der Waals surface area contributed by atoms with Crippen molar-refractivity contribution in [3.63, 3.8) is 0 Å². The second-order valence-corrected chi connectivity index (χ2v) is 6.60. The molecule has 2 amide bonds. The molecule has 0 aromatic heterocycles. The van der Waals surface area contributed by atoms with Crippen molar-refractivity contribution in [2.24, 2.45) is 0 Å². The monoisotopic (exact) mass is 388 g/mol. The van der Waals surface area contributed by atoms with E-state index in [0.29, 0.717) is 34.1 Å². The molecule has 0 radical (unpaired) electrons. The van der Waals surface area contributed by atoms with Crippen molar-refractivity contribution in [1.82, 2.24) is 5.32 Å². The first kappa shape index (κ1) is 19.2. The maximum atomic E-state index is 12.5. The Hall–Kier alpha value is -2.57. The lowest BCUT2D eigenvalue weighted by atomic mass is 10.1. The molecular weight excluding hydrogens is 368 g/mol. The first-order valence-corrected chi connectivity index (χ1v) is 9.10. The van der Waals surface area contributed by atoms with E-state index in [0.717, 1.165) is 19.4 Å². The van der Waals surface area contributed by atoms with Gasteiger partial charge in [0.2, 0.25) is 0 Å². The van der Waals surface area contributed by atoms with Gasteiger partial charge in [-0.3, -0.25) is 9.59 Å². The number of anilines is 1. The number of carbonyl (C=O) groups is 2. The van der Waals surface area contributed by atoms with E-state index in [4.69, 9.17) is 21.1 Å². The fraction of sp³-hybridized carbons (Fsp3) is 0.300. The Bertz CT molecular complexity index is 834. The fourth-order valence-electron chi connectivity index (χ4n) is 2.90. The van der Waals surface area contributed by atoms with Crippen molar-refractivity contribution >= 4 is 29.1 Å². The van der Waals surface area contributed by atoms with Crippen LogP contribution in [0.4, 0.5) is 5.69 Å². The normalized spacial score (nSPS) is 16.0. The summed E-state index contributed by atoms with van der Waals surface area (Å²) in [6.45, 7) is 1.19. The molecule has 2 aromatic carbocycles. The minimum atomic E-state index is -0.362. The average Bonchev–Trinajstić information content (AvgIpc) is 3.20. The minimum absolute atomic E-state index is 0.0529. The van der Waals surface area contributed by atoms with Crippen molar-refractivity contribution < 1.29 is 19.1 Å². The maximum absolute atomic E-state index is 12.5. The number of hydrogen-bond acceptors (Lipinski definition) is 4. The molecule has 3 rings (SSSR count). The van der Waals surface area contributed by atoms with Gasteiger partial charge in [0.05, 0.1) is 29.5 Å². The summed E-state index contributed by atoms with van der Waals surface area (Å²) >= 11 is 6.08. The first-order chi connectivity index (χ1) is 13.1. The van der Waals surface area contributed by atoms with E-state index in [1.54, 1.807) is 36.4 Å². The van der Waals surface area contributed by atoms with Crippen LogP contribution in [0.5, 0.6) is 5.75 Å². The Morgan fingerprint density at radius 1 is 1.22 bits per heavy atom. The summed E-state index contributed by atoms with van der Waals surface area (Å²) in [6.07, 6.45) is 2.01. The Morgan fingerprint density at radius 2 is 2.04 bits per heavy atom. The van der Waals surface area contributed by atoms with E-state index in [2.05, 4.69) is 10.6 Å². The summed E-state index contributed by atoms with van der Waals surface area (Å²) in [7, 11) is 1.51. The summed E-state index contributed by atoms with van der Waals surface area (Å²) in [4.78, 5) is 25.1. The van der Waals surface area contributed by atoms with Crippen molar-refractivity contribution in [2.75, 3.05) is 25.6 Å². The zero-order valence-electron chi connectivity index (χ0n) is 15.0. The highest BCUT2D eigenvalue weighted by molar-refractivity contribution is 6.32. The van der Waals surface area contributed by atoms with Gasteiger partial charge in [-0.1, -0.05) is 23.7 Å². The molecule has 1 heterocycles. The smallest absolute Gasteiger partial charge is 0.255 e. The second-order valence-electron chi connectivity index (χ2n) is 6.19. The predicted octanol–water partition coefficient (Wildman–Crippen LogP) is 3.51. The van der Waals surface area contributed by atoms with Gasteiger partial charge in [0.1, 0.15) is 5.75 Å². The molecule has 0 bridgehead atoms. The third-order valence-corrected chi connectivity index (χ3v) is 4.64. The number of rotatable bonds is 6. The molecule has 1 fully saturated rings. The summed E-state index contributed by atoms with van der Waals surface area (Å²) in [5, 5.41) is 5.98. The summed E-state index contributed by atoms with van der Waals surface area (Å²) < 4.78 is 10.6. The highest BCUT2D eigenvalue weighted by Gasteiger charge is 2.19. The van der Waals surface area contributed by atoms with Crippen LogP contribution in [-0.2, 0) is 4.74 Å². The van der Waals surface area contributed by atoms with Crippen LogP contribution >= 0.6 is 11.6 Å². The molecule has 27 heavy (non-hydrogen) atoms. The minimum Gasteiger partial charge on any atom is -0.495 e. The lowest BCUT2D eigenvalue weighted by molar-refractivity contribution is 0.0858. The van der Waals surface area contributed by atoms with Crippen LogP contribution in [0.15, 0.2) is 42.5 Å². The van der Waals surface area contributed by atoms with Gasteiger partial charge < -0.3 is 20.1 Å². The van der Waals surface area contributed by atoms with Gasteiger partial charge in [-0.2, -0.15) is 0 Å². The van der Waals surface area contributed by atoms with E-state index >= 15 is 0 Å². The molecule has 142 valence electrons. The van der Waals surface area contributed by atoms with Crippen LogP contribution < -0.4 is 15.4 Å². The van der Waals surface area contributed by atoms with Crippen LogP contribution in [0, 0.1) is 0 Å². The van der Waals surface area contributed by atoms with Crippen LogP contribution in [0.3, 0.4) is 0 Å². The Morgan fingerprint density at radius 3 is 2.74 bits per heavy atom. The number of hydrogen-bond donors (Lipinski definition) is 2. The van der Waals surface area contributed by atoms with E-state index in [9.17, 15) is 9.59 Å². The van der Waals surface area contributed by atoms with E-state index in [1.165, 1.54) is 13.2 Å². The maximum Gasteiger partial charge on any atom is 0.255 e. The van der Waals surface area contributed by atoms with Crippen molar-refractivity contribution in [3.05, 3.63) is 58.6 Å². The molecule has 6 nitrogen and oxygen atoms in total. The third kappa shape index (κ3) is 4.78. The van der Waals surface area contributed by atoms with Crippen molar-refractivity contribution in [1.29, 1.82) is 0 Å². The Balaban J connectivity index is 1.70. The number of ether oxygens (including phenoxy) is 2. The van der Waals surface area contributed by atoms with Crippen LogP contribution in [-0.4, -0.2) is 38.2 Å². The lowest BCUT2D eigenvalue weighted by Gasteiger charge is -2.14. The lowest BCUT2D eigenvalue weighted by Crippen LogP contribution is -2.32. The van der Waals surface area contributed by atoms with E-state index in [-0.39, 0.29) is 17.9 Å². The number of methoxy groups -OCH3 is 1. The molecule has 7 heteroatoms. The third-order valence-electron chi connectivity index (χ3n) is 4.35. The Labute approximate surface area is 162 Å². The average molecular weight is 389 g/mol. The van der Waals surface area contributed by atoms with Gasteiger partial charge in [0.25, 0.3) is 11.8 Å². The topological polar surface area (TPSA) is 76.7 Å². The zero-order chi connectivity index (χ0) is 19.2. The molecule has 1 atom stereocenters. The van der Waals surface area contributed by atoms with Crippen molar-refractivity contribution in [3.8, 4) is 5.75 Å². The number of halogens is 1. The zero-order valence-corrected chi connectivity index (χ0v) is 15.7. The van der Waals surface area contributed by atoms with Gasteiger partial charge in [-0.15, -0.1) is 0 Å². The molecule has 0 saturated carbocycles. The van der Waals surface area contributed by atoms with Crippen LogP contribution in [0.1, 0.15) is 33.6 Å². The van der Waals surface area contributed by atoms with E-state index in [1.807, 2.05) is 0 Å². The molecule has 0 aliphatic carbocycles. The summed E-state index contributed by atoms with van der Waals surface area (Å²) in [5.41, 5.74) is 1.19. The molecule has 1 aliphatic heterocycles. The predicted molar refractivity (Wildman–Crippen MR) is 104 cm³/mol. The molecule has 1 saturated heterocycles. The van der Waals surface area contributed by atoms with Crippen LogP contribution in [0.2, 0.25) is 5.02 Å². The summed E-state index contributed by atoms with van der Waals surface area (Å²) in [5.74, 6) is -0.129. The second kappa shape index (κ2) is 8.88. The SMILES string of the molecule is COc1ccc(C(=O)Nc2ccccc2C(=O)NC[C@H]2CCCO2)cc1Cl. The number of carbonyl (C=O) groups excluding carboxylic acids is 2. The highest BCUT2D eigenvalue weighted by Crippen LogP contribution is 2.25. The van der Waals surface area contributed by atoms with Gasteiger partial charge in [-0.25, -0.2) is 0 Å². The summed E-state index contributed by atoms with van der Waals surface area (Å²) in [6, 6.07) is 11.6. The van der Waals surface area contributed by atoms with Crippen molar-refractivity contribution in [2.45, 2.75) is 18.9 Å². The molecule has 2 N–H and O–H groups in total. The number of benzene rings is 2. The van der Waals surface area contributed by atoms with Crippen LogP contribution in [0.25, 0.3) is 0 Å². The van der Waals surface area contributed by atoms with Gasteiger partial charge in [-0.05, 0) is 43.2 Å². The van der Waals surface area contributed by atoms with Gasteiger partial charge >= 0.3 is 0 Å². The number of para-hydroxylation sites is 1. The standard InChI is InChI=1S/C20H21ClN2O4/c1-26-18-9-8-13(11-16(18)21)19(24)23-17-7-3-2-6-15(17)20(25)22-12-14-5-4-10-27-14/h2-3,6-9,11,14H,4-5,10,12H2,1H3,(H,22,25)(H,23,24)/t14-/m1/s1. The number of amides is 2. The highest BCUT2D eigenvalue weighted by atomic mass is 35.5. The molecular formula is C20H21ClN2O4. The molecule has 0 unspecified atom stereocenters. The number of nitrogens with one attached hydrogen (secondary N) is 2. The van der Waals surface area contributed by atoms with E-state index < -0.39 is 0 Å². The largest absolute Gasteiger partial charge is 0.495 e. The Kier molecular flexibility index (Phi) is 6.32.